The maximum Gasteiger partial charge on any atom is 0.573 e. The van der Waals surface area contributed by atoms with Crippen LogP contribution in [0.15, 0.2) is 58.9 Å². The Hall–Kier alpha value is -3.15. The van der Waals surface area contributed by atoms with Crippen molar-refractivity contribution in [2.75, 3.05) is 10.9 Å². The second-order valence-corrected chi connectivity index (χ2v) is 6.85. The van der Waals surface area contributed by atoms with Gasteiger partial charge in [0.15, 0.2) is 0 Å². The molecule has 0 unspecified atom stereocenters. The van der Waals surface area contributed by atoms with Crippen molar-refractivity contribution in [3.05, 3.63) is 49.1 Å². The van der Waals surface area contributed by atoms with Crippen LogP contribution in [0, 0.1) is 0 Å². The van der Waals surface area contributed by atoms with E-state index in [9.17, 15) is 21.6 Å². The molecule has 0 amide bonds. The van der Waals surface area contributed by atoms with Crippen LogP contribution in [0.2, 0.25) is 0 Å². The van der Waals surface area contributed by atoms with Gasteiger partial charge in [-0.3, -0.25) is 10.4 Å². The normalized spacial score (nSPS) is 14.0. The molecular formula is C14H11F3N4O4S. The lowest BCUT2D eigenvalue weighted by Crippen LogP contribution is -2.30. The van der Waals surface area contributed by atoms with Crippen molar-refractivity contribution in [2.24, 2.45) is 0 Å². The summed E-state index contributed by atoms with van der Waals surface area (Å²) in [5.74, 6) is -0.545. The minimum absolute atomic E-state index is 0.0132. The quantitative estimate of drug-likeness (QED) is 0.820. The molecule has 0 spiro atoms. The van der Waals surface area contributed by atoms with Crippen LogP contribution in [0.3, 0.4) is 0 Å². The minimum Gasteiger partial charge on any atom is -0.406 e. The first-order valence-corrected chi connectivity index (χ1v) is 8.39. The molecule has 1 aliphatic heterocycles. The average Bonchev–Trinajstić information content (AvgIpc) is 3.07. The van der Waals surface area contributed by atoms with Gasteiger partial charge >= 0.3 is 6.36 Å². The van der Waals surface area contributed by atoms with Crippen LogP contribution in [0.4, 0.5) is 24.5 Å². The molecule has 0 saturated heterocycles. The summed E-state index contributed by atoms with van der Waals surface area (Å²) < 4.78 is 66.1. The molecule has 3 N–H and O–H groups in total. The van der Waals surface area contributed by atoms with Crippen LogP contribution in [0.5, 0.6) is 5.75 Å². The molecule has 1 aromatic carbocycles. The largest absolute Gasteiger partial charge is 0.573 e. The summed E-state index contributed by atoms with van der Waals surface area (Å²) in [4.78, 5) is 8.29. The van der Waals surface area contributed by atoms with Gasteiger partial charge in [-0.05, 0) is 24.3 Å². The first-order valence-electron chi connectivity index (χ1n) is 6.91. The monoisotopic (exact) mass is 388 g/mol. The van der Waals surface area contributed by atoms with Gasteiger partial charge in [-0.25, -0.2) is 8.42 Å². The van der Waals surface area contributed by atoms with E-state index in [4.69, 9.17) is 10.6 Å². The third kappa shape index (κ3) is 3.44. The zero-order valence-electron chi connectivity index (χ0n) is 12.8. The first-order chi connectivity index (χ1) is 12.2. The number of alkyl halides is 3. The van der Waals surface area contributed by atoms with Crippen LogP contribution in [0.25, 0.3) is 0 Å². The zero-order chi connectivity index (χ0) is 18.9. The van der Waals surface area contributed by atoms with E-state index in [0.29, 0.717) is 0 Å². The maximum atomic E-state index is 12.9. The van der Waals surface area contributed by atoms with E-state index in [0.717, 1.165) is 35.6 Å². The number of rotatable bonds is 4. The molecule has 3 rings (SSSR count). The molecule has 1 aliphatic rings. The summed E-state index contributed by atoms with van der Waals surface area (Å²) in [6, 6.07) is 3.76. The van der Waals surface area contributed by atoms with Gasteiger partial charge in [0.25, 0.3) is 0 Å². The summed E-state index contributed by atoms with van der Waals surface area (Å²) in [7, 11) is -4.16. The highest BCUT2D eigenvalue weighted by Crippen LogP contribution is 2.35. The minimum atomic E-state index is -4.88. The molecule has 0 radical (unpaired) electrons. The molecule has 1 aromatic heterocycles. The van der Waals surface area contributed by atoms with Crippen LogP contribution in [-0.4, -0.2) is 19.8 Å². The number of halogens is 3. The number of aromatic nitrogens is 1. The smallest absolute Gasteiger partial charge is 0.406 e. The van der Waals surface area contributed by atoms with Crippen molar-refractivity contribution in [3.8, 4) is 5.75 Å². The SMILES string of the molecule is Nc1cncc(S(=O)(=O)c2ccc(OC(F)(F)F)cc2)c1N1NC=CO1. The number of sulfone groups is 1. The molecule has 0 aliphatic carbocycles. The van der Waals surface area contributed by atoms with Crippen molar-refractivity contribution in [1.82, 2.24) is 10.4 Å². The standard InChI is InChI=1S/C14H11F3N4O4S/c15-14(16,17)25-9-1-3-10(4-2-9)26(22,23)12-8-19-7-11(18)13(12)21-20-5-6-24-21/h1-8,20H,18H2. The Labute approximate surface area is 145 Å². The van der Waals surface area contributed by atoms with Crippen molar-refractivity contribution in [1.29, 1.82) is 0 Å². The van der Waals surface area contributed by atoms with Crippen LogP contribution >= 0.6 is 0 Å². The zero-order valence-corrected chi connectivity index (χ0v) is 13.6. The highest BCUT2D eigenvalue weighted by Gasteiger charge is 2.32. The van der Waals surface area contributed by atoms with Crippen molar-refractivity contribution >= 4 is 21.2 Å². The summed E-state index contributed by atoms with van der Waals surface area (Å²) in [6.45, 7) is 0. The first kappa shape index (κ1) is 17.7. The molecule has 0 fully saturated rings. The maximum absolute atomic E-state index is 12.9. The number of hydrogen-bond acceptors (Lipinski definition) is 8. The third-order valence-electron chi connectivity index (χ3n) is 3.20. The van der Waals surface area contributed by atoms with E-state index in [1.165, 1.54) is 18.7 Å². The highest BCUT2D eigenvalue weighted by molar-refractivity contribution is 7.91. The third-order valence-corrected chi connectivity index (χ3v) is 4.97. The molecule has 2 heterocycles. The number of hydrogen-bond donors (Lipinski definition) is 2. The molecule has 2 aromatic rings. The second kappa shape index (κ2) is 6.29. The lowest BCUT2D eigenvalue weighted by molar-refractivity contribution is -0.274. The van der Waals surface area contributed by atoms with Gasteiger partial charge in [0, 0.05) is 6.20 Å². The Kier molecular flexibility index (Phi) is 4.28. The number of hydrazine groups is 1. The summed E-state index contributed by atoms with van der Waals surface area (Å²) in [6.07, 6.45) is 0.0820. The van der Waals surface area contributed by atoms with E-state index in [1.807, 2.05) is 0 Å². The molecule has 0 saturated carbocycles. The van der Waals surface area contributed by atoms with Gasteiger partial charge in [0.05, 0.1) is 23.0 Å². The van der Waals surface area contributed by atoms with Crippen molar-refractivity contribution < 1.29 is 31.2 Å². The van der Waals surface area contributed by atoms with Gasteiger partial charge < -0.3 is 15.3 Å². The molecule has 138 valence electrons. The number of nitrogens with zero attached hydrogens (tertiary/aromatic N) is 2. The lowest BCUT2D eigenvalue weighted by atomic mass is 10.3. The highest BCUT2D eigenvalue weighted by atomic mass is 32.2. The molecule has 0 bridgehead atoms. The fraction of sp³-hybridized carbons (Fsp3) is 0.0714. The van der Waals surface area contributed by atoms with Crippen LogP contribution in [0.1, 0.15) is 0 Å². The summed E-state index contributed by atoms with van der Waals surface area (Å²) >= 11 is 0. The average molecular weight is 388 g/mol. The number of benzene rings is 1. The number of nitrogens with one attached hydrogen (secondary N) is 1. The van der Waals surface area contributed by atoms with Crippen LogP contribution < -0.4 is 21.1 Å². The number of nitrogens with two attached hydrogens (primary N) is 1. The van der Waals surface area contributed by atoms with E-state index < -0.39 is 21.9 Å². The van der Waals surface area contributed by atoms with E-state index >= 15 is 0 Å². The molecule has 12 heteroatoms. The summed E-state index contributed by atoms with van der Waals surface area (Å²) in [5.41, 5.74) is 8.43. The van der Waals surface area contributed by atoms with Gasteiger partial charge in [0.1, 0.15) is 22.6 Å². The second-order valence-electron chi connectivity index (χ2n) is 4.93. The van der Waals surface area contributed by atoms with Crippen molar-refractivity contribution in [3.63, 3.8) is 0 Å². The number of pyridine rings is 1. The Bertz CT molecular complexity index is 938. The van der Waals surface area contributed by atoms with E-state index in [1.54, 1.807) is 0 Å². The van der Waals surface area contributed by atoms with Gasteiger partial charge in [-0.15, -0.1) is 18.3 Å². The fourth-order valence-electron chi connectivity index (χ4n) is 2.15. The van der Waals surface area contributed by atoms with Crippen molar-refractivity contribution in [2.45, 2.75) is 16.2 Å². The number of nitrogen functional groups attached to an aromatic ring is 1. The Balaban J connectivity index is 2.00. The van der Waals surface area contributed by atoms with E-state index in [-0.39, 0.29) is 21.2 Å². The number of anilines is 2. The molecule has 8 nitrogen and oxygen atoms in total. The van der Waals surface area contributed by atoms with Gasteiger partial charge in [-0.1, -0.05) is 0 Å². The predicted octanol–water partition coefficient (Wildman–Crippen LogP) is 2.12. The fourth-order valence-corrected chi connectivity index (χ4v) is 3.55. The number of ether oxygens (including phenoxy) is 1. The molecular weight excluding hydrogens is 377 g/mol. The predicted molar refractivity (Wildman–Crippen MR) is 83.1 cm³/mol. The Morgan fingerprint density at radius 3 is 2.46 bits per heavy atom. The topological polar surface area (TPSA) is 107 Å². The van der Waals surface area contributed by atoms with Crippen LogP contribution in [-0.2, 0) is 14.7 Å². The summed E-state index contributed by atoms with van der Waals surface area (Å²) in [5, 5.41) is 1.02. The molecule has 26 heavy (non-hydrogen) atoms. The molecule has 0 atom stereocenters. The van der Waals surface area contributed by atoms with E-state index in [2.05, 4.69) is 15.1 Å². The lowest BCUT2D eigenvalue weighted by Gasteiger charge is -2.21. The Morgan fingerprint density at radius 2 is 1.88 bits per heavy atom. The van der Waals surface area contributed by atoms with Gasteiger partial charge in [0.2, 0.25) is 9.84 Å². The Morgan fingerprint density at radius 1 is 1.19 bits per heavy atom. The van der Waals surface area contributed by atoms with Gasteiger partial charge in [-0.2, -0.15) is 0 Å².